The Bertz CT molecular complexity index is 1280. The first-order valence-electron chi connectivity index (χ1n) is 13.7. The van der Waals surface area contributed by atoms with Crippen molar-refractivity contribution in [2.24, 2.45) is 0 Å². The number of carbonyl (C=O) groups excluding carboxylic acids is 2. The van der Waals surface area contributed by atoms with E-state index >= 15 is 0 Å². The molecule has 0 aromatic heterocycles. The lowest BCUT2D eigenvalue weighted by atomic mass is 9.99. The number of rotatable bonds is 12. The molecule has 0 unspecified atom stereocenters. The molecule has 3 aromatic rings. The van der Waals surface area contributed by atoms with Crippen LogP contribution < -0.4 is 5.32 Å². The molecule has 218 valence electrons. The number of hydrogen-bond acceptors (Lipinski definition) is 8. The van der Waals surface area contributed by atoms with Crippen LogP contribution in [0.25, 0.3) is 11.1 Å². The van der Waals surface area contributed by atoms with Gasteiger partial charge in [0.1, 0.15) is 0 Å². The Morgan fingerprint density at radius 1 is 0.976 bits per heavy atom. The Kier molecular flexibility index (Phi) is 11.4. The summed E-state index contributed by atoms with van der Waals surface area (Å²) in [5, 5.41) is 21.4. The molecule has 3 N–H and O–H groups in total. The van der Waals surface area contributed by atoms with Crippen LogP contribution >= 0.6 is 11.8 Å². The number of amides is 1. The molecule has 0 radical (unpaired) electrons. The lowest BCUT2D eigenvalue weighted by molar-refractivity contribution is -0.245. The molecule has 8 nitrogen and oxygen atoms in total. The van der Waals surface area contributed by atoms with Gasteiger partial charge in [0, 0.05) is 37.0 Å². The topological polar surface area (TPSA) is 114 Å². The summed E-state index contributed by atoms with van der Waals surface area (Å²) in [6.45, 7) is 3.26. The van der Waals surface area contributed by atoms with Crippen molar-refractivity contribution in [3.63, 3.8) is 0 Å². The van der Waals surface area contributed by atoms with E-state index in [0.717, 1.165) is 39.1 Å². The monoisotopic (exact) mass is 579 g/mol. The molecule has 4 atom stereocenters. The zero-order valence-corrected chi connectivity index (χ0v) is 24.1. The fourth-order valence-corrected chi connectivity index (χ4v) is 5.40. The summed E-state index contributed by atoms with van der Waals surface area (Å²) in [5.74, 6) is 0.569. The van der Waals surface area contributed by atoms with Gasteiger partial charge in [0.05, 0.1) is 25.4 Å². The maximum Gasteiger partial charge on any atom is 0.303 e. The van der Waals surface area contributed by atoms with E-state index in [1.165, 1.54) is 6.92 Å². The molecule has 1 aliphatic rings. The van der Waals surface area contributed by atoms with Crippen LogP contribution in [0.3, 0.4) is 0 Å². The molecule has 0 spiro atoms. The molecule has 1 amide bonds. The average Bonchev–Trinajstić information content (AvgIpc) is 3.00. The van der Waals surface area contributed by atoms with E-state index in [4.69, 9.17) is 14.2 Å². The van der Waals surface area contributed by atoms with Crippen LogP contribution in [-0.2, 0) is 37.0 Å². The van der Waals surface area contributed by atoms with Gasteiger partial charge in [-0.25, -0.2) is 0 Å². The van der Waals surface area contributed by atoms with E-state index < -0.39 is 18.4 Å². The van der Waals surface area contributed by atoms with E-state index in [0.29, 0.717) is 18.7 Å². The van der Waals surface area contributed by atoms with Crippen molar-refractivity contribution < 1.29 is 34.0 Å². The van der Waals surface area contributed by atoms with Crippen molar-refractivity contribution in [2.45, 2.75) is 58.0 Å². The van der Waals surface area contributed by atoms with Crippen molar-refractivity contribution in [1.82, 2.24) is 5.32 Å². The number of aliphatic hydroxyl groups excluding tert-OH is 2. The first-order valence-corrected chi connectivity index (χ1v) is 14.8. The Morgan fingerprint density at radius 3 is 2.39 bits per heavy atom. The normalized spacial score (nSPS) is 19.4. The van der Waals surface area contributed by atoms with Gasteiger partial charge in [-0.2, -0.15) is 11.8 Å². The van der Waals surface area contributed by atoms with Gasteiger partial charge < -0.3 is 29.7 Å². The van der Waals surface area contributed by atoms with Crippen molar-refractivity contribution in [1.29, 1.82) is 0 Å². The molecular formula is C32H37NO7S. The highest BCUT2D eigenvalue weighted by atomic mass is 32.2. The highest BCUT2D eigenvalue weighted by molar-refractivity contribution is 7.99. The Balaban J connectivity index is 1.45. The minimum absolute atomic E-state index is 0.00283. The predicted molar refractivity (Wildman–Crippen MR) is 158 cm³/mol. The van der Waals surface area contributed by atoms with Crippen LogP contribution in [0.15, 0.2) is 72.8 Å². The number of esters is 1. The molecule has 3 aromatic carbocycles. The number of hydrogen-bond donors (Lipinski definition) is 3. The summed E-state index contributed by atoms with van der Waals surface area (Å²) in [7, 11) is 0. The zero-order chi connectivity index (χ0) is 29.2. The third-order valence-electron chi connectivity index (χ3n) is 6.78. The molecule has 1 aliphatic heterocycles. The Morgan fingerprint density at radius 2 is 1.71 bits per heavy atom. The maximum atomic E-state index is 12.2. The third-order valence-corrected chi connectivity index (χ3v) is 7.85. The van der Waals surface area contributed by atoms with Gasteiger partial charge in [0.2, 0.25) is 0 Å². The van der Waals surface area contributed by atoms with Crippen LogP contribution in [0.2, 0.25) is 0 Å². The van der Waals surface area contributed by atoms with Gasteiger partial charge in [0.25, 0.3) is 5.91 Å². The summed E-state index contributed by atoms with van der Waals surface area (Å²) in [6, 6.07) is 23.8. The van der Waals surface area contributed by atoms with Gasteiger partial charge in [0.15, 0.2) is 12.4 Å². The predicted octanol–water partition coefficient (Wildman–Crippen LogP) is 4.68. The number of nitrogens with one attached hydrogen (secondary N) is 1. The summed E-state index contributed by atoms with van der Waals surface area (Å²) >= 11 is 1.66. The number of aliphatic hydroxyl groups is 2. The fourth-order valence-electron chi connectivity index (χ4n) is 4.63. The molecule has 9 heteroatoms. The molecule has 0 bridgehead atoms. The van der Waals surface area contributed by atoms with Gasteiger partial charge >= 0.3 is 5.97 Å². The SMILES string of the molecule is CC(=O)O[C@@H](C)C(=O)NCc1cccc(-c2ccc([C@H]3O[C@@H](CSCCO)C[C@@H](c4ccc(CO)cc4)O3)cc2)c1. The van der Waals surface area contributed by atoms with Crippen molar-refractivity contribution in [3.8, 4) is 11.1 Å². The second-order valence-electron chi connectivity index (χ2n) is 9.94. The lowest BCUT2D eigenvalue weighted by Crippen LogP contribution is -2.35. The van der Waals surface area contributed by atoms with E-state index in [1.807, 2.05) is 72.8 Å². The Hall–Kier alpha value is -3.21. The zero-order valence-electron chi connectivity index (χ0n) is 23.3. The Labute approximate surface area is 245 Å². The highest BCUT2D eigenvalue weighted by Gasteiger charge is 2.32. The fraction of sp³-hybridized carbons (Fsp3) is 0.375. The van der Waals surface area contributed by atoms with Crippen LogP contribution in [0.4, 0.5) is 0 Å². The quantitative estimate of drug-likeness (QED) is 0.209. The first-order chi connectivity index (χ1) is 19.9. The molecule has 4 rings (SSSR count). The van der Waals surface area contributed by atoms with Crippen molar-refractivity contribution in [2.75, 3.05) is 18.1 Å². The van der Waals surface area contributed by atoms with Gasteiger partial charge in [-0.3, -0.25) is 9.59 Å². The first kappa shape index (κ1) is 30.7. The summed E-state index contributed by atoms with van der Waals surface area (Å²) < 4.78 is 17.7. The number of ether oxygens (including phenoxy) is 3. The van der Waals surface area contributed by atoms with Gasteiger partial charge in [-0.15, -0.1) is 0 Å². The van der Waals surface area contributed by atoms with E-state index in [9.17, 15) is 19.8 Å². The van der Waals surface area contributed by atoms with Crippen LogP contribution in [0.1, 0.15) is 54.9 Å². The summed E-state index contributed by atoms with van der Waals surface area (Å²) in [4.78, 5) is 23.3. The second-order valence-corrected chi connectivity index (χ2v) is 11.1. The largest absolute Gasteiger partial charge is 0.453 e. The molecule has 0 saturated carbocycles. The summed E-state index contributed by atoms with van der Waals surface area (Å²) in [6.07, 6.45) is -0.881. The van der Waals surface area contributed by atoms with E-state index in [1.54, 1.807) is 18.7 Å². The smallest absolute Gasteiger partial charge is 0.303 e. The molecule has 1 saturated heterocycles. The molecule has 41 heavy (non-hydrogen) atoms. The molecule has 1 fully saturated rings. The number of benzene rings is 3. The standard InChI is InChI=1S/C32H37NO7S/c1-21(38-22(2)36)31(37)33-18-24-4-3-5-28(16-24)25-10-12-27(13-11-25)32-39-29(20-41-15-14-34)17-30(40-32)26-8-6-23(19-35)7-9-26/h3-13,16,21,29-30,32,34-35H,14-15,17-20H2,1-2H3,(H,33,37)/t21-,29+,30-,32-/m0/s1. The summed E-state index contributed by atoms with van der Waals surface area (Å²) in [5.41, 5.74) is 5.73. The lowest BCUT2D eigenvalue weighted by Gasteiger charge is -2.36. The highest BCUT2D eigenvalue weighted by Crippen LogP contribution is 2.39. The molecular weight excluding hydrogens is 542 g/mol. The van der Waals surface area contributed by atoms with E-state index in [-0.39, 0.29) is 31.3 Å². The minimum Gasteiger partial charge on any atom is -0.453 e. The van der Waals surface area contributed by atoms with E-state index in [2.05, 4.69) is 5.32 Å². The van der Waals surface area contributed by atoms with Crippen LogP contribution in [0, 0.1) is 0 Å². The average molecular weight is 580 g/mol. The minimum atomic E-state index is -0.847. The molecule has 1 heterocycles. The van der Waals surface area contributed by atoms with Gasteiger partial charge in [-0.05, 0) is 40.8 Å². The number of thioether (sulfide) groups is 1. The van der Waals surface area contributed by atoms with Crippen LogP contribution in [-0.4, -0.2) is 52.4 Å². The third kappa shape index (κ3) is 8.89. The maximum absolute atomic E-state index is 12.2. The van der Waals surface area contributed by atoms with Gasteiger partial charge in [-0.1, -0.05) is 66.7 Å². The van der Waals surface area contributed by atoms with Crippen molar-refractivity contribution in [3.05, 3.63) is 95.1 Å². The second kappa shape index (κ2) is 15.1. The number of carbonyl (C=O) groups is 2. The molecule has 0 aliphatic carbocycles. The van der Waals surface area contributed by atoms with Crippen LogP contribution in [0.5, 0.6) is 0 Å². The van der Waals surface area contributed by atoms with Crippen molar-refractivity contribution >= 4 is 23.6 Å².